The third kappa shape index (κ3) is 2.48. The van der Waals surface area contributed by atoms with Gasteiger partial charge < -0.3 is 9.32 Å². The Morgan fingerprint density at radius 2 is 1.96 bits per heavy atom. The van der Waals surface area contributed by atoms with E-state index in [2.05, 4.69) is 4.98 Å². The molecule has 1 atom stereocenters. The van der Waals surface area contributed by atoms with Gasteiger partial charge >= 0.3 is 5.63 Å². The minimum absolute atomic E-state index is 0.0219. The molecule has 120 valence electrons. The van der Waals surface area contributed by atoms with Crippen LogP contribution in [0.1, 0.15) is 34.8 Å². The zero-order chi connectivity index (χ0) is 16.5. The summed E-state index contributed by atoms with van der Waals surface area (Å²) in [6.45, 7) is 0.637. The monoisotopic (exact) mass is 320 g/mol. The van der Waals surface area contributed by atoms with E-state index in [0.29, 0.717) is 12.1 Å². The molecule has 1 fully saturated rings. The molecule has 0 unspecified atom stereocenters. The molecule has 3 aromatic rings. The van der Waals surface area contributed by atoms with E-state index in [1.54, 1.807) is 35.5 Å². The molecule has 2 aromatic heterocycles. The first-order valence-corrected chi connectivity index (χ1v) is 7.98. The summed E-state index contributed by atoms with van der Waals surface area (Å²) in [6.07, 6.45) is 5.24. The van der Waals surface area contributed by atoms with Crippen molar-refractivity contribution in [2.24, 2.45) is 0 Å². The second kappa shape index (κ2) is 5.92. The highest BCUT2D eigenvalue weighted by atomic mass is 16.4. The lowest BCUT2D eigenvalue weighted by atomic mass is 10.1. The van der Waals surface area contributed by atoms with Crippen LogP contribution < -0.4 is 5.63 Å². The van der Waals surface area contributed by atoms with Crippen LogP contribution in [0.5, 0.6) is 0 Å². The lowest BCUT2D eigenvalue weighted by molar-refractivity contribution is 0.0731. The molecule has 0 aliphatic carbocycles. The van der Waals surface area contributed by atoms with E-state index in [0.717, 1.165) is 23.8 Å². The summed E-state index contributed by atoms with van der Waals surface area (Å²) < 4.78 is 5.30. The van der Waals surface area contributed by atoms with Gasteiger partial charge in [-0.2, -0.15) is 0 Å². The van der Waals surface area contributed by atoms with Gasteiger partial charge in [-0.1, -0.05) is 18.2 Å². The van der Waals surface area contributed by atoms with Gasteiger partial charge in [-0.25, -0.2) is 4.79 Å². The number of likely N-dealkylation sites (tertiary alicyclic amines) is 1. The maximum atomic E-state index is 12.9. The molecule has 3 heterocycles. The van der Waals surface area contributed by atoms with E-state index in [4.69, 9.17) is 4.42 Å². The molecule has 24 heavy (non-hydrogen) atoms. The van der Waals surface area contributed by atoms with Crippen molar-refractivity contribution in [2.45, 2.75) is 18.9 Å². The van der Waals surface area contributed by atoms with Gasteiger partial charge in [0.05, 0.1) is 6.04 Å². The Bertz CT molecular complexity index is 949. The van der Waals surface area contributed by atoms with Crippen molar-refractivity contribution in [1.29, 1.82) is 0 Å². The number of hydrogen-bond acceptors (Lipinski definition) is 4. The van der Waals surface area contributed by atoms with Crippen LogP contribution >= 0.6 is 0 Å². The maximum absolute atomic E-state index is 12.9. The van der Waals surface area contributed by atoms with Crippen molar-refractivity contribution in [1.82, 2.24) is 9.88 Å². The first kappa shape index (κ1) is 14.6. The van der Waals surface area contributed by atoms with Crippen molar-refractivity contribution < 1.29 is 9.21 Å². The van der Waals surface area contributed by atoms with Crippen molar-refractivity contribution >= 4 is 16.9 Å². The van der Waals surface area contributed by atoms with Crippen molar-refractivity contribution in [3.8, 4) is 0 Å². The highest BCUT2D eigenvalue weighted by Crippen LogP contribution is 2.32. The minimum atomic E-state index is -0.584. The first-order valence-electron chi connectivity index (χ1n) is 7.98. The fourth-order valence-corrected chi connectivity index (χ4v) is 3.31. The zero-order valence-corrected chi connectivity index (χ0v) is 13.0. The molecule has 0 saturated carbocycles. The number of aromatic nitrogens is 1. The zero-order valence-electron chi connectivity index (χ0n) is 13.0. The second-order valence-corrected chi connectivity index (χ2v) is 5.92. The summed E-state index contributed by atoms with van der Waals surface area (Å²) >= 11 is 0. The molecule has 5 nitrogen and oxygen atoms in total. The fraction of sp³-hybridized carbons (Fsp3) is 0.211. The van der Waals surface area contributed by atoms with Gasteiger partial charge in [-0.15, -0.1) is 0 Å². The van der Waals surface area contributed by atoms with Gasteiger partial charge in [-0.3, -0.25) is 9.78 Å². The summed E-state index contributed by atoms with van der Waals surface area (Å²) in [5, 5.41) is 0.750. The smallest absolute Gasteiger partial charge is 0.349 e. The lowest BCUT2D eigenvalue weighted by Gasteiger charge is -2.24. The Kier molecular flexibility index (Phi) is 3.61. The third-order valence-electron chi connectivity index (χ3n) is 4.48. The topological polar surface area (TPSA) is 63.4 Å². The van der Waals surface area contributed by atoms with Crippen molar-refractivity contribution in [3.05, 3.63) is 76.4 Å². The molecule has 0 bridgehead atoms. The van der Waals surface area contributed by atoms with Crippen LogP contribution in [0.25, 0.3) is 11.0 Å². The normalized spacial score (nSPS) is 17.3. The summed E-state index contributed by atoms with van der Waals surface area (Å²) in [5.74, 6) is -0.270. The molecule has 0 radical (unpaired) electrons. The summed E-state index contributed by atoms with van der Waals surface area (Å²) in [4.78, 5) is 31.0. The Labute approximate surface area is 138 Å². The van der Waals surface area contributed by atoms with Crippen LogP contribution in [-0.2, 0) is 0 Å². The van der Waals surface area contributed by atoms with E-state index >= 15 is 0 Å². The molecule has 1 saturated heterocycles. The molecule has 0 N–H and O–H groups in total. The van der Waals surface area contributed by atoms with Gasteiger partial charge in [-0.05, 0) is 42.7 Å². The average molecular weight is 320 g/mol. The molecule has 0 spiro atoms. The van der Waals surface area contributed by atoms with Gasteiger partial charge in [0.1, 0.15) is 11.1 Å². The summed E-state index contributed by atoms with van der Waals surface area (Å²) in [7, 11) is 0. The highest BCUT2D eigenvalue weighted by Gasteiger charge is 2.32. The largest absolute Gasteiger partial charge is 0.422 e. The standard InChI is InChI=1S/C19H16N2O3/c22-18(15-12-14-4-1-2-6-17(14)24-19(15)23)21-11-3-5-16(21)13-7-9-20-10-8-13/h1-2,4,6-10,12,16H,3,5,11H2/t16-/m0/s1. The molecule has 4 rings (SSSR count). The molecular formula is C19H16N2O3. The number of benzene rings is 1. The van der Waals surface area contributed by atoms with E-state index in [-0.39, 0.29) is 17.5 Å². The van der Waals surface area contributed by atoms with Crippen LogP contribution in [0.4, 0.5) is 0 Å². The van der Waals surface area contributed by atoms with Gasteiger partial charge in [0.25, 0.3) is 5.91 Å². The van der Waals surface area contributed by atoms with Crippen LogP contribution in [0.3, 0.4) is 0 Å². The van der Waals surface area contributed by atoms with Gasteiger partial charge in [0.15, 0.2) is 0 Å². The third-order valence-corrected chi connectivity index (χ3v) is 4.48. The van der Waals surface area contributed by atoms with Gasteiger partial charge in [0, 0.05) is 24.3 Å². The average Bonchev–Trinajstić information content (AvgIpc) is 3.11. The summed E-state index contributed by atoms with van der Waals surface area (Å²) in [6, 6.07) is 12.6. The number of nitrogens with zero attached hydrogens (tertiary/aromatic N) is 2. The van der Waals surface area contributed by atoms with Crippen molar-refractivity contribution in [3.63, 3.8) is 0 Å². The Balaban J connectivity index is 1.73. The molecule has 1 aromatic carbocycles. The number of carbonyl (C=O) groups excluding carboxylic acids is 1. The van der Waals surface area contributed by atoms with E-state index in [1.165, 1.54) is 0 Å². The van der Waals surface area contributed by atoms with E-state index < -0.39 is 5.63 Å². The molecule has 1 amide bonds. The van der Waals surface area contributed by atoms with Crippen LogP contribution in [0.2, 0.25) is 0 Å². The van der Waals surface area contributed by atoms with Crippen molar-refractivity contribution in [2.75, 3.05) is 6.54 Å². The molecular weight excluding hydrogens is 304 g/mol. The molecule has 1 aliphatic rings. The number of pyridine rings is 1. The second-order valence-electron chi connectivity index (χ2n) is 5.92. The van der Waals surface area contributed by atoms with Crippen LogP contribution in [-0.4, -0.2) is 22.3 Å². The minimum Gasteiger partial charge on any atom is -0.422 e. The van der Waals surface area contributed by atoms with Crippen LogP contribution in [0, 0.1) is 0 Å². The van der Waals surface area contributed by atoms with E-state index in [9.17, 15) is 9.59 Å². The molecule has 5 heteroatoms. The van der Waals surface area contributed by atoms with Gasteiger partial charge in [0.2, 0.25) is 0 Å². The predicted octanol–water partition coefficient (Wildman–Crippen LogP) is 3.17. The van der Waals surface area contributed by atoms with E-state index in [1.807, 2.05) is 24.3 Å². The Morgan fingerprint density at radius 1 is 1.17 bits per heavy atom. The quantitative estimate of drug-likeness (QED) is 0.680. The number of carbonyl (C=O) groups is 1. The lowest BCUT2D eigenvalue weighted by Crippen LogP contribution is -2.33. The molecule has 1 aliphatic heterocycles. The highest BCUT2D eigenvalue weighted by molar-refractivity contribution is 5.97. The SMILES string of the molecule is O=C(c1cc2ccccc2oc1=O)N1CCC[C@H]1c1ccncc1. The first-order chi connectivity index (χ1) is 11.7. The number of fused-ring (bicyclic) bond motifs is 1. The number of amides is 1. The summed E-state index contributed by atoms with van der Waals surface area (Å²) in [5.41, 5.74) is 1.04. The number of hydrogen-bond donors (Lipinski definition) is 0. The number of rotatable bonds is 2. The van der Waals surface area contributed by atoms with Crippen LogP contribution in [0.15, 0.2) is 64.1 Å². The number of para-hydroxylation sites is 1. The Hall–Kier alpha value is -2.95. The predicted molar refractivity (Wildman–Crippen MR) is 89.7 cm³/mol. The maximum Gasteiger partial charge on any atom is 0.349 e. The fourth-order valence-electron chi connectivity index (χ4n) is 3.31. The Morgan fingerprint density at radius 3 is 2.79 bits per heavy atom.